The lowest BCUT2D eigenvalue weighted by Crippen LogP contribution is -2.08. The summed E-state index contributed by atoms with van der Waals surface area (Å²) in [5.74, 6) is 0.851. The molecule has 2 aromatic rings. The molecular formula is C16H18N2O. The van der Waals surface area contributed by atoms with Gasteiger partial charge in [-0.1, -0.05) is 17.7 Å². The van der Waals surface area contributed by atoms with Crippen LogP contribution in [0.5, 0.6) is 5.75 Å². The number of anilines is 1. The first-order valence-corrected chi connectivity index (χ1v) is 6.17. The third-order valence-electron chi connectivity index (χ3n) is 2.90. The second-order valence-corrected chi connectivity index (χ2v) is 4.38. The Labute approximate surface area is 114 Å². The Bertz CT molecular complexity index is 544. The van der Waals surface area contributed by atoms with E-state index in [1.807, 2.05) is 42.5 Å². The van der Waals surface area contributed by atoms with E-state index in [-0.39, 0.29) is 0 Å². The van der Waals surface area contributed by atoms with Crippen molar-refractivity contribution in [1.29, 1.82) is 0 Å². The monoisotopic (exact) mass is 254 g/mol. The molecule has 0 saturated heterocycles. The predicted molar refractivity (Wildman–Crippen MR) is 80.2 cm³/mol. The number of benzene rings is 2. The lowest BCUT2D eigenvalue weighted by atomic mass is 10.2. The maximum Gasteiger partial charge on any atom is 0.118 e. The van der Waals surface area contributed by atoms with Crippen LogP contribution in [0.4, 0.5) is 5.69 Å². The fourth-order valence-electron chi connectivity index (χ4n) is 1.67. The maximum absolute atomic E-state index is 5.12. The summed E-state index contributed by atoms with van der Waals surface area (Å²) < 4.78 is 5.12. The molecule has 0 fully saturated rings. The first-order chi connectivity index (χ1) is 9.19. The molecule has 0 amide bonds. The van der Waals surface area contributed by atoms with Crippen LogP contribution in [0.2, 0.25) is 0 Å². The lowest BCUT2D eigenvalue weighted by Gasteiger charge is -2.12. The Morgan fingerprint density at radius 3 is 2.21 bits per heavy atom. The van der Waals surface area contributed by atoms with Crippen molar-refractivity contribution in [2.75, 3.05) is 19.2 Å². The van der Waals surface area contributed by atoms with Gasteiger partial charge in [-0.05, 0) is 48.9 Å². The molecule has 0 spiro atoms. The number of ether oxygens (including phenoxy) is 1. The number of nitrogens with zero attached hydrogens (tertiary/aromatic N) is 2. The van der Waals surface area contributed by atoms with Crippen LogP contribution in [-0.4, -0.2) is 20.4 Å². The van der Waals surface area contributed by atoms with Crippen molar-refractivity contribution in [3.8, 4) is 5.75 Å². The first kappa shape index (κ1) is 13.1. The van der Waals surface area contributed by atoms with Gasteiger partial charge in [-0.25, -0.2) is 0 Å². The fraction of sp³-hybridized carbons (Fsp3) is 0.188. The smallest absolute Gasteiger partial charge is 0.118 e. The molecule has 0 N–H and O–H groups in total. The van der Waals surface area contributed by atoms with Crippen LogP contribution in [0.25, 0.3) is 0 Å². The molecule has 0 radical (unpaired) electrons. The van der Waals surface area contributed by atoms with Crippen molar-refractivity contribution < 1.29 is 4.74 Å². The maximum atomic E-state index is 5.12. The van der Waals surface area contributed by atoms with E-state index in [0.29, 0.717) is 0 Å². The van der Waals surface area contributed by atoms with E-state index >= 15 is 0 Å². The van der Waals surface area contributed by atoms with Gasteiger partial charge in [0.1, 0.15) is 5.75 Å². The van der Waals surface area contributed by atoms with Crippen LogP contribution in [0, 0.1) is 6.92 Å². The predicted octanol–water partition coefficient (Wildman–Crippen LogP) is 3.47. The topological polar surface area (TPSA) is 24.8 Å². The summed E-state index contributed by atoms with van der Waals surface area (Å²) in [6, 6.07) is 16.1. The molecule has 0 aliphatic rings. The van der Waals surface area contributed by atoms with Crippen LogP contribution in [0.15, 0.2) is 53.6 Å². The summed E-state index contributed by atoms with van der Waals surface area (Å²) in [5.41, 5.74) is 3.35. The second-order valence-electron chi connectivity index (χ2n) is 4.38. The minimum absolute atomic E-state index is 0.851. The lowest BCUT2D eigenvalue weighted by molar-refractivity contribution is 0.415. The van der Waals surface area contributed by atoms with Gasteiger partial charge in [0.2, 0.25) is 0 Å². The van der Waals surface area contributed by atoms with Crippen molar-refractivity contribution in [2.45, 2.75) is 6.92 Å². The van der Waals surface area contributed by atoms with Gasteiger partial charge in [0.05, 0.1) is 19.0 Å². The van der Waals surface area contributed by atoms with Gasteiger partial charge in [-0.3, -0.25) is 5.01 Å². The van der Waals surface area contributed by atoms with Crippen LogP contribution in [-0.2, 0) is 0 Å². The van der Waals surface area contributed by atoms with Gasteiger partial charge >= 0.3 is 0 Å². The van der Waals surface area contributed by atoms with Crippen molar-refractivity contribution in [1.82, 2.24) is 0 Å². The third kappa shape index (κ3) is 3.58. The number of rotatable bonds is 4. The Morgan fingerprint density at radius 1 is 1.00 bits per heavy atom. The normalized spacial score (nSPS) is 10.7. The molecule has 0 saturated carbocycles. The highest BCUT2D eigenvalue weighted by molar-refractivity contribution is 5.80. The Balaban J connectivity index is 2.06. The molecule has 0 heterocycles. The van der Waals surface area contributed by atoms with Gasteiger partial charge in [-0.15, -0.1) is 0 Å². The standard InChI is InChI=1S/C16H18N2O/c1-13-4-8-15(9-5-13)18(2)17-12-14-6-10-16(19-3)11-7-14/h4-12H,1-3H3/b17-12+. The summed E-state index contributed by atoms with van der Waals surface area (Å²) in [6.45, 7) is 2.07. The fourth-order valence-corrected chi connectivity index (χ4v) is 1.67. The van der Waals surface area contributed by atoms with Gasteiger partial charge in [0, 0.05) is 7.05 Å². The zero-order valence-corrected chi connectivity index (χ0v) is 11.5. The highest BCUT2D eigenvalue weighted by Gasteiger charge is 1.97. The number of hydrogen-bond donors (Lipinski definition) is 0. The van der Waals surface area contributed by atoms with Gasteiger partial charge in [0.15, 0.2) is 0 Å². The third-order valence-corrected chi connectivity index (χ3v) is 2.90. The van der Waals surface area contributed by atoms with Crippen LogP contribution < -0.4 is 9.75 Å². The molecule has 0 unspecified atom stereocenters. The molecule has 0 atom stereocenters. The molecule has 3 nitrogen and oxygen atoms in total. The molecule has 2 aromatic carbocycles. The minimum atomic E-state index is 0.851. The van der Waals surface area contributed by atoms with Gasteiger partial charge in [-0.2, -0.15) is 5.10 Å². The Kier molecular flexibility index (Phi) is 4.18. The summed E-state index contributed by atoms with van der Waals surface area (Å²) in [6.07, 6.45) is 1.83. The molecule has 3 heteroatoms. The number of hydrogen-bond acceptors (Lipinski definition) is 3. The molecule has 2 rings (SSSR count). The largest absolute Gasteiger partial charge is 0.497 e. The molecular weight excluding hydrogens is 236 g/mol. The summed E-state index contributed by atoms with van der Waals surface area (Å²) in [5, 5.41) is 6.27. The average Bonchev–Trinajstić information content (AvgIpc) is 2.46. The minimum Gasteiger partial charge on any atom is -0.497 e. The van der Waals surface area contributed by atoms with Crippen molar-refractivity contribution in [3.05, 3.63) is 59.7 Å². The van der Waals surface area contributed by atoms with Crippen molar-refractivity contribution >= 4 is 11.9 Å². The molecule has 98 valence electrons. The Morgan fingerprint density at radius 2 is 1.63 bits per heavy atom. The van der Waals surface area contributed by atoms with E-state index in [9.17, 15) is 0 Å². The number of hydrazone groups is 1. The Hall–Kier alpha value is -2.29. The summed E-state index contributed by atoms with van der Waals surface area (Å²) >= 11 is 0. The summed E-state index contributed by atoms with van der Waals surface area (Å²) in [7, 11) is 3.60. The molecule has 0 aliphatic carbocycles. The average molecular weight is 254 g/mol. The first-order valence-electron chi connectivity index (χ1n) is 6.17. The molecule has 0 aliphatic heterocycles. The summed E-state index contributed by atoms with van der Waals surface area (Å²) in [4.78, 5) is 0. The van der Waals surface area contributed by atoms with Crippen LogP contribution >= 0.6 is 0 Å². The highest BCUT2D eigenvalue weighted by Crippen LogP contribution is 2.14. The molecule has 0 bridgehead atoms. The van der Waals surface area contributed by atoms with Crippen LogP contribution in [0.1, 0.15) is 11.1 Å². The zero-order chi connectivity index (χ0) is 13.7. The second kappa shape index (κ2) is 6.05. The van der Waals surface area contributed by atoms with Gasteiger partial charge in [0.25, 0.3) is 0 Å². The van der Waals surface area contributed by atoms with Crippen molar-refractivity contribution in [3.63, 3.8) is 0 Å². The van der Waals surface area contributed by atoms with Crippen LogP contribution in [0.3, 0.4) is 0 Å². The van der Waals surface area contributed by atoms with E-state index in [2.05, 4.69) is 36.3 Å². The van der Waals surface area contributed by atoms with E-state index in [1.54, 1.807) is 7.11 Å². The zero-order valence-electron chi connectivity index (χ0n) is 11.5. The van der Waals surface area contributed by atoms with E-state index in [0.717, 1.165) is 17.0 Å². The van der Waals surface area contributed by atoms with E-state index < -0.39 is 0 Å². The quantitative estimate of drug-likeness (QED) is 0.616. The van der Waals surface area contributed by atoms with E-state index in [4.69, 9.17) is 4.74 Å². The van der Waals surface area contributed by atoms with Gasteiger partial charge < -0.3 is 4.74 Å². The number of methoxy groups -OCH3 is 1. The highest BCUT2D eigenvalue weighted by atomic mass is 16.5. The molecule has 0 aromatic heterocycles. The van der Waals surface area contributed by atoms with Crippen molar-refractivity contribution in [2.24, 2.45) is 5.10 Å². The number of aryl methyl sites for hydroxylation is 1. The molecule has 19 heavy (non-hydrogen) atoms. The van der Waals surface area contributed by atoms with E-state index in [1.165, 1.54) is 5.56 Å². The SMILES string of the molecule is COc1ccc(/C=N/N(C)c2ccc(C)cc2)cc1.